The summed E-state index contributed by atoms with van der Waals surface area (Å²) in [6, 6.07) is 15.5. The molecule has 1 fully saturated rings. The summed E-state index contributed by atoms with van der Waals surface area (Å²) < 4.78 is 0. The number of pyridine rings is 1. The number of benzene rings is 2. The van der Waals surface area contributed by atoms with Crippen LogP contribution in [0.3, 0.4) is 0 Å². The molecule has 3 aromatic rings. The van der Waals surface area contributed by atoms with E-state index in [4.69, 9.17) is 16.6 Å². The molecule has 2 amide bonds. The number of aromatic nitrogens is 1. The zero-order valence-corrected chi connectivity index (χ0v) is 22.7. The number of carbonyl (C=O) groups excluding carboxylic acids is 2. The Morgan fingerprint density at radius 1 is 0.947 bits per heavy atom. The molecule has 1 saturated heterocycles. The fraction of sp³-hybridized carbons (Fsp3) is 0.452. The summed E-state index contributed by atoms with van der Waals surface area (Å²) in [5, 5.41) is 8.63. The first-order valence-electron chi connectivity index (χ1n) is 14.1. The van der Waals surface area contributed by atoms with Crippen LogP contribution >= 0.6 is 11.6 Å². The fourth-order valence-electron chi connectivity index (χ4n) is 5.72. The van der Waals surface area contributed by atoms with Crippen LogP contribution in [-0.4, -0.2) is 47.9 Å². The number of hydrogen-bond donors (Lipinski definition) is 2. The lowest BCUT2D eigenvalue weighted by Crippen LogP contribution is -2.43. The lowest BCUT2D eigenvalue weighted by Gasteiger charge is -2.31. The largest absolute Gasteiger partial charge is 0.384 e. The number of piperidine rings is 1. The van der Waals surface area contributed by atoms with Gasteiger partial charge in [-0.3, -0.25) is 14.6 Å². The van der Waals surface area contributed by atoms with Crippen molar-refractivity contribution in [1.29, 1.82) is 0 Å². The molecule has 1 aliphatic heterocycles. The zero-order chi connectivity index (χ0) is 26.3. The molecule has 0 saturated carbocycles. The van der Waals surface area contributed by atoms with Gasteiger partial charge in [0.05, 0.1) is 5.52 Å². The molecule has 2 heterocycles. The van der Waals surface area contributed by atoms with E-state index in [1.165, 1.54) is 35.2 Å². The van der Waals surface area contributed by atoms with Crippen LogP contribution in [0.1, 0.15) is 66.6 Å². The van der Waals surface area contributed by atoms with Crippen molar-refractivity contribution in [3.63, 3.8) is 0 Å². The minimum atomic E-state index is -0.0220. The van der Waals surface area contributed by atoms with Gasteiger partial charge in [0, 0.05) is 59.5 Å². The van der Waals surface area contributed by atoms with Gasteiger partial charge in [0.2, 0.25) is 5.91 Å². The van der Waals surface area contributed by atoms with Crippen molar-refractivity contribution in [2.24, 2.45) is 5.92 Å². The monoisotopic (exact) mass is 532 g/mol. The third-order valence-electron chi connectivity index (χ3n) is 7.85. The van der Waals surface area contributed by atoms with E-state index in [-0.39, 0.29) is 17.7 Å². The summed E-state index contributed by atoms with van der Waals surface area (Å²) in [7, 11) is 0. The van der Waals surface area contributed by atoms with Crippen molar-refractivity contribution < 1.29 is 9.59 Å². The predicted octanol–water partition coefficient (Wildman–Crippen LogP) is 6.02. The minimum Gasteiger partial charge on any atom is -0.384 e. The summed E-state index contributed by atoms with van der Waals surface area (Å²) in [5.41, 5.74) is 5.63. The van der Waals surface area contributed by atoms with Crippen LogP contribution < -0.4 is 10.6 Å². The molecule has 0 bridgehead atoms. The van der Waals surface area contributed by atoms with Crippen molar-refractivity contribution in [2.45, 2.75) is 57.8 Å². The number of nitrogens with one attached hydrogen (secondary N) is 2. The van der Waals surface area contributed by atoms with Crippen LogP contribution in [0.5, 0.6) is 0 Å². The van der Waals surface area contributed by atoms with Crippen molar-refractivity contribution in [1.82, 2.24) is 15.2 Å². The number of anilines is 1. The van der Waals surface area contributed by atoms with E-state index in [1.807, 2.05) is 4.90 Å². The van der Waals surface area contributed by atoms with Crippen LogP contribution in [0.15, 0.2) is 48.5 Å². The highest BCUT2D eigenvalue weighted by Gasteiger charge is 2.27. The van der Waals surface area contributed by atoms with Gasteiger partial charge in [0.1, 0.15) is 0 Å². The van der Waals surface area contributed by atoms with Gasteiger partial charge in [-0.05, 0) is 87.6 Å². The number of unbranched alkanes of at least 4 members (excludes halogenated alkanes) is 2. The molecule has 2 N–H and O–H groups in total. The summed E-state index contributed by atoms with van der Waals surface area (Å²) in [5.74, 6) is 0.0827. The topological polar surface area (TPSA) is 74.3 Å². The SMILES string of the molecule is O=C(NCCCCCNc1c2c(nc3ccccc13)CCCC2)C1CCN(C(=O)c2cccc(Cl)c2)CC1. The smallest absolute Gasteiger partial charge is 0.253 e. The molecule has 0 spiro atoms. The van der Waals surface area contributed by atoms with E-state index in [0.717, 1.165) is 44.2 Å². The van der Waals surface area contributed by atoms with Crippen molar-refractivity contribution in [2.75, 3.05) is 31.5 Å². The number of aryl methyl sites for hydroxylation is 1. The van der Waals surface area contributed by atoms with E-state index in [2.05, 4.69) is 34.9 Å². The Hall–Kier alpha value is -3.12. The van der Waals surface area contributed by atoms with Crippen LogP contribution in [0, 0.1) is 5.92 Å². The molecule has 5 rings (SSSR count). The van der Waals surface area contributed by atoms with E-state index >= 15 is 0 Å². The number of rotatable bonds is 9. The number of carbonyl (C=O) groups is 2. The Bertz CT molecular complexity index is 1290. The number of likely N-dealkylation sites (tertiary alicyclic amines) is 1. The third-order valence-corrected chi connectivity index (χ3v) is 8.08. The van der Waals surface area contributed by atoms with Gasteiger partial charge in [-0.25, -0.2) is 0 Å². The lowest BCUT2D eigenvalue weighted by atomic mass is 9.92. The fourth-order valence-corrected chi connectivity index (χ4v) is 5.91. The number of nitrogens with zero attached hydrogens (tertiary/aromatic N) is 2. The summed E-state index contributed by atoms with van der Waals surface area (Å²) in [6.07, 6.45) is 9.13. The highest BCUT2D eigenvalue weighted by molar-refractivity contribution is 6.30. The molecule has 2 aliphatic rings. The molecular weight excluding hydrogens is 496 g/mol. The number of para-hydroxylation sites is 1. The average molecular weight is 533 g/mol. The van der Waals surface area contributed by atoms with Crippen LogP contribution in [-0.2, 0) is 17.6 Å². The highest BCUT2D eigenvalue weighted by atomic mass is 35.5. The van der Waals surface area contributed by atoms with E-state index < -0.39 is 0 Å². The average Bonchev–Trinajstić information content (AvgIpc) is 2.95. The van der Waals surface area contributed by atoms with Crippen LogP contribution in [0.2, 0.25) is 5.02 Å². The quantitative estimate of drug-likeness (QED) is 0.330. The molecular formula is C31H37ClN4O2. The number of fused-ring (bicyclic) bond motifs is 2. The van der Waals surface area contributed by atoms with Crippen LogP contribution in [0.4, 0.5) is 5.69 Å². The van der Waals surface area contributed by atoms with Crippen LogP contribution in [0.25, 0.3) is 10.9 Å². The van der Waals surface area contributed by atoms with Gasteiger partial charge in [0.15, 0.2) is 0 Å². The Morgan fingerprint density at radius 3 is 2.58 bits per heavy atom. The Kier molecular flexibility index (Phi) is 8.79. The van der Waals surface area contributed by atoms with Crippen molar-refractivity contribution in [3.8, 4) is 0 Å². The number of hydrogen-bond acceptors (Lipinski definition) is 4. The van der Waals surface area contributed by atoms with Gasteiger partial charge < -0.3 is 15.5 Å². The molecule has 1 aliphatic carbocycles. The summed E-state index contributed by atoms with van der Waals surface area (Å²) in [4.78, 5) is 32.1. The molecule has 0 atom stereocenters. The minimum absolute atomic E-state index is 0.0137. The van der Waals surface area contributed by atoms with Crippen molar-refractivity contribution >= 4 is 40.0 Å². The Morgan fingerprint density at radius 2 is 1.74 bits per heavy atom. The normalized spacial score (nSPS) is 15.8. The number of amides is 2. The maximum Gasteiger partial charge on any atom is 0.253 e. The molecule has 2 aromatic carbocycles. The van der Waals surface area contributed by atoms with E-state index in [1.54, 1.807) is 24.3 Å². The molecule has 6 nitrogen and oxygen atoms in total. The standard InChI is InChI=1S/C31H37ClN4O2/c32-24-10-8-9-23(21-24)31(38)36-19-15-22(16-20-36)30(37)34-18-7-1-6-17-33-29-25-11-2-4-13-27(25)35-28-14-5-3-12-26(28)29/h2,4,8-11,13,21-22H,1,3,5-7,12,14-20H2,(H,33,35)(H,34,37). The maximum atomic E-state index is 12.7. The second kappa shape index (κ2) is 12.6. The molecule has 0 radical (unpaired) electrons. The summed E-state index contributed by atoms with van der Waals surface area (Å²) in [6.45, 7) is 2.83. The van der Waals surface area contributed by atoms with Gasteiger partial charge in [-0.1, -0.05) is 35.9 Å². The third kappa shape index (κ3) is 6.29. The second-order valence-corrected chi connectivity index (χ2v) is 10.9. The first-order valence-corrected chi connectivity index (χ1v) is 14.4. The van der Waals surface area contributed by atoms with Gasteiger partial charge in [-0.2, -0.15) is 0 Å². The Labute approximate surface area is 230 Å². The van der Waals surface area contributed by atoms with Gasteiger partial charge in [-0.15, -0.1) is 0 Å². The van der Waals surface area contributed by atoms with Crippen molar-refractivity contribution in [3.05, 3.63) is 70.4 Å². The maximum absolute atomic E-state index is 12.7. The molecule has 7 heteroatoms. The lowest BCUT2D eigenvalue weighted by molar-refractivity contribution is -0.126. The highest BCUT2D eigenvalue weighted by Crippen LogP contribution is 2.33. The van der Waals surface area contributed by atoms with E-state index in [9.17, 15) is 9.59 Å². The number of halogens is 1. The first-order chi connectivity index (χ1) is 18.6. The predicted molar refractivity (Wildman–Crippen MR) is 154 cm³/mol. The van der Waals surface area contributed by atoms with Gasteiger partial charge >= 0.3 is 0 Å². The van der Waals surface area contributed by atoms with E-state index in [0.29, 0.717) is 43.1 Å². The van der Waals surface area contributed by atoms with Gasteiger partial charge in [0.25, 0.3) is 5.91 Å². The molecule has 0 unspecified atom stereocenters. The Balaban J connectivity index is 1.01. The summed E-state index contributed by atoms with van der Waals surface area (Å²) >= 11 is 6.03. The molecule has 1 aromatic heterocycles. The molecule has 38 heavy (non-hydrogen) atoms. The molecule has 200 valence electrons. The second-order valence-electron chi connectivity index (χ2n) is 10.5. The zero-order valence-electron chi connectivity index (χ0n) is 22.0. The first kappa shape index (κ1) is 26.5.